The van der Waals surface area contributed by atoms with E-state index in [1.807, 2.05) is 0 Å². The second kappa shape index (κ2) is 5.01. The quantitative estimate of drug-likeness (QED) is 0.883. The first-order valence-electron chi connectivity index (χ1n) is 6.32. The number of thiophene rings is 1. The van der Waals surface area contributed by atoms with Crippen LogP contribution < -0.4 is 11.1 Å². The van der Waals surface area contributed by atoms with Crippen LogP contribution in [0, 0.1) is 0 Å². The van der Waals surface area contributed by atoms with Crippen LogP contribution in [0.2, 0.25) is 0 Å². The highest BCUT2D eigenvalue weighted by Gasteiger charge is 2.23. The molecule has 2 aromatic heterocycles. The number of carbonyl (C=O) groups is 1. The average Bonchev–Trinajstić information content (AvgIpc) is 2.89. The molecular formula is C14H15N3OS. The van der Waals surface area contributed by atoms with Gasteiger partial charge in [0.15, 0.2) is 0 Å². The Bertz CT molecular complexity index is 591. The largest absolute Gasteiger partial charge is 0.384 e. The molecule has 0 fully saturated rings. The Morgan fingerprint density at radius 3 is 3.11 bits per heavy atom. The molecule has 0 aliphatic heterocycles. The Balaban J connectivity index is 1.76. The van der Waals surface area contributed by atoms with Gasteiger partial charge in [-0.05, 0) is 48.4 Å². The fraction of sp³-hybridized carbons (Fsp3) is 0.286. The molecule has 0 saturated heterocycles. The molecule has 1 atom stereocenters. The van der Waals surface area contributed by atoms with E-state index in [1.165, 1.54) is 16.6 Å². The van der Waals surface area contributed by atoms with Crippen molar-refractivity contribution in [3.63, 3.8) is 0 Å². The number of rotatable bonds is 2. The minimum Gasteiger partial charge on any atom is -0.384 e. The first-order chi connectivity index (χ1) is 9.24. The second-order valence-electron chi connectivity index (χ2n) is 4.69. The summed E-state index contributed by atoms with van der Waals surface area (Å²) in [6, 6.07) is 5.59. The SMILES string of the molecule is Nc1ccc(C(=O)NC2CCCc3sccc32)cn1. The molecule has 4 nitrogen and oxygen atoms in total. The zero-order chi connectivity index (χ0) is 13.2. The monoisotopic (exact) mass is 273 g/mol. The van der Waals surface area contributed by atoms with Crippen LogP contribution in [0.3, 0.4) is 0 Å². The third-order valence-electron chi connectivity index (χ3n) is 3.41. The molecule has 5 heteroatoms. The summed E-state index contributed by atoms with van der Waals surface area (Å²) in [6.45, 7) is 0. The standard InChI is InChI=1S/C14H15N3OS/c15-13-5-4-9(8-16-13)14(18)17-11-2-1-3-12-10(11)6-7-19-12/h4-8,11H,1-3H2,(H2,15,16)(H,17,18). The average molecular weight is 273 g/mol. The van der Waals surface area contributed by atoms with E-state index in [0.29, 0.717) is 11.4 Å². The number of aromatic nitrogens is 1. The van der Waals surface area contributed by atoms with Crippen molar-refractivity contribution >= 4 is 23.1 Å². The Hall–Kier alpha value is -1.88. The van der Waals surface area contributed by atoms with Crippen LogP contribution in [0.5, 0.6) is 0 Å². The molecular weight excluding hydrogens is 258 g/mol. The van der Waals surface area contributed by atoms with Gasteiger partial charge in [-0.25, -0.2) is 4.98 Å². The molecule has 1 unspecified atom stereocenters. The van der Waals surface area contributed by atoms with E-state index in [0.717, 1.165) is 19.3 Å². The number of carbonyl (C=O) groups excluding carboxylic acids is 1. The molecule has 2 heterocycles. The zero-order valence-corrected chi connectivity index (χ0v) is 11.2. The Labute approximate surface area is 115 Å². The van der Waals surface area contributed by atoms with Crippen molar-refractivity contribution < 1.29 is 4.79 Å². The van der Waals surface area contributed by atoms with E-state index in [-0.39, 0.29) is 11.9 Å². The number of anilines is 1. The van der Waals surface area contributed by atoms with Gasteiger partial charge >= 0.3 is 0 Å². The second-order valence-corrected chi connectivity index (χ2v) is 5.69. The number of nitrogens with zero attached hydrogens (tertiary/aromatic N) is 1. The van der Waals surface area contributed by atoms with Crippen molar-refractivity contribution in [2.24, 2.45) is 0 Å². The predicted molar refractivity (Wildman–Crippen MR) is 76.1 cm³/mol. The highest BCUT2D eigenvalue weighted by Crippen LogP contribution is 2.33. The number of nitrogen functional groups attached to an aromatic ring is 1. The normalized spacial score (nSPS) is 17.8. The van der Waals surface area contributed by atoms with Gasteiger partial charge in [0.1, 0.15) is 5.82 Å². The topological polar surface area (TPSA) is 68.0 Å². The lowest BCUT2D eigenvalue weighted by Gasteiger charge is -2.23. The van der Waals surface area contributed by atoms with Gasteiger partial charge in [0.2, 0.25) is 0 Å². The molecule has 3 rings (SSSR count). The predicted octanol–water partition coefficient (Wildman–Crippen LogP) is 2.53. The number of amides is 1. The van der Waals surface area contributed by atoms with Crippen LogP contribution in [0.4, 0.5) is 5.82 Å². The van der Waals surface area contributed by atoms with Gasteiger partial charge in [-0.1, -0.05) is 0 Å². The van der Waals surface area contributed by atoms with Gasteiger partial charge < -0.3 is 11.1 Å². The zero-order valence-electron chi connectivity index (χ0n) is 10.4. The lowest BCUT2D eigenvalue weighted by atomic mass is 9.94. The van der Waals surface area contributed by atoms with Crippen LogP contribution in [0.1, 0.15) is 39.7 Å². The van der Waals surface area contributed by atoms with Crippen molar-refractivity contribution in [1.82, 2.24) is 10.3 Å². The summed E-state index contributed by atoms with van der Waals surface area (Å²) in [5.41, 5.74) is 7.34. The molecule has 1 amide bonds. The molecule has 1 aliphatic rings. The van der Waals surface area contributed by atoms with Gasteiger partial charge in [-0.3, -0.25) is 4.79 Å². The molecule has 1 aliphatic carbocycles. The summed E-state index contributed by atoms with van der Waals surface area (Å²) < 4.78 is 0. The molecule has 19 heavy (non-hydrogen) atoms. The highest BCUT2D eigenvalue weighted by molar-refractivity contribution is 7.10. The molecule has 3 N–H and O–H groups in total. The summed E-state index contributed by atoms with van der Waals surface area (Å²) in [5.74, 6) is 0.339. The fourth-order valence-electron chi connectivity index (χ4n) is 2.42. The molecule has 2 aromatic rings. The van der Waals surface area contributed by atoms with Crippen LogP contribution in [0.25, 0.3) is 0 Å². The summed E-state index contributed by atoms with van der Waals surface area (Å²) in [7, 11) is 0. The first-order valence-corrected chi connectivity index (χ1v) is 7.20. The third-order valence-corrected chi connectivity index (χ3v) is 4.40. The summed E-state index contributed by atoms with van der Waals surface area (Å²) in [5, 5.41) is 5.18. The van der Waals surface area contributed by atoms with Crippen LogP contribution in [-0.2, 0) is 6.42 Å². The molecule has 0 spiro atoms. The van der Waals surface area contributed by atoms with E-state index in [4.69, 9.17) is 5.73 Å². The van der Waals surface area contributed by atoms with Crippen molar-refractivity contribution in [3.05, 3.63) is 45.8 Å². The maximum Gasteiger partial charge on any atom is 0.253 e. The highest BCUT2D eigenvalue weighted by atomic mass is 32.1. The maximum atomic E-state index is 12.2. The van der Waals surface area contributed by atoms with E-state index in [2.05, 4.69) is 21.7 Å². The van der Waals surface area contributed by atoms with Crippen molar-refractivity contribution in [2.45, 2.75) is 25.3 Å². The van der Waals surface area contributed by atoms with E-state index < -0.39 is 0 Å². The molecule has 0 radical (unpaired) electrons. The minimum atomic E-state index is -0.0865. The number of nitrogens with one attached hydrogen (secondary N) is 1. The minimum absolute atomic E-state index is 0.0865. The Morgan fingerprint density at radius 2 is 2.32 bits per heavy atom. The lowest BCUT2D eigenvalue weighted by Crippen LogP contribution is -2.30. The van der Waals surface area contributed by atoms with E-state index in [9.17, 15) is 4.79 Å². The molecule has 0 aromatic carbocycles. The number of nitrogens with two attached hydrogens (primary N) is 1. The smallest absolute Gasteiger partial charge is 0.253 e. The molecule has 98 valence electrons. The summed E-state index contributed by atoms with van der Waals surface area (Å²) in [4.78, 5) is 17.5. The maximum absolute atomic E-state index is 12.2. The fourth-order valence-corrected chi connectivity index (χ4v) is 3.41. The summed E-state index contributed by atoms with van der Waals surface area (Å²) in [6.07, 6.45) is 4.77. The summed E-state index contributed by atoms with van der Waals surface area (Å²) >= 11 is 1.77. The third kappa shape index (κ3) is 2.46. The Morgan fingerprint density at radius 1 is 1.42 bits per heavy atom. The van der Waals surface area contributed by atoms with Crippen molar-refractivity contribution in [2.75, 3.05) is 5.73 Å². The van der Waals surface area contributed by atoms with Gasteiger partial charge in [0, 0.05) is 11.1 Å². The first kappa shape index (κ1) is 12.2. The van der Waals surface area contributed by atoms with Crippen molar-refractivity contribution in [1.29, 1.82) is 0 Å². The van der Waals surface area contributed by atoms with Crippen LogP contribution >= 0.6 is 11.3 Å². The Kier molecular flexibility index (Phi) is 3.21. The number of aryl methyl sites for hydroxylation is 1. The molecule has 0 bridgehead atoms. The molecule has 0 saturated carbocycles. The van der Waals surface area contributed by atoms with Crippen LogP contribution in [0.15, 0.2) is 29.8 Å². The number of hydrogen-bond donors (Lipinski definition) is 2. The van der Waals surface area contributed by atoms with Crippen LogP contribution in [-0.4, -0.2) is 10.9 Å². The lowest BCUT2D eigenvalue weighted by molar-refractivity contribution is 0.0932. The van der Waals surface area contributed by atoms with E-state index >= 15 is 0 Å². The van der Waals surface area contributed by atoms with Gasteiger partial charge in [-0.15, -0.1) is 11.3 Å². The number of fused-ring (bicyclic) bond motifs is 1. The van der Waals surface area contributed by atoms with Gasteiger partial charge in [0.25, 0.3) is 5.91 Å². The van der Waals surface area contributed by atoms with Gasteiger partial charge in [-0.2, -0.15) is 0 Å². The number of hydrogen-bond acceptors (Lipinski definition) is 4. The van der Waals surface area contributed by atoms with E-state index in [1.54, 1.807) is 23.5 Å². The van der Waals surface area contributed by atoms with Gasteiger partial charge in [0.05, 0.1) is 11.6 Å². The number of pyridine rings is 1. The van der Waals surface area contributed by atoms with Crippen molar-refractivity contribution in [3.8, 4) is 0 Å².